The number of alkyl halides is 6. The zero-order valence-corrected chi connectivity index (χ0v) is 12.0. The minimum atomic E-state index is -5.02. The Balaban J connectivity index is 2.36. The number of benzene rings is 1. The monoisotopic (exact) mass is 355 g/mol. The molecule has 0 saturated carbocycles. The average molecular weight is 355 g/mol. The SMILES string of the molecule is CC1(C(=O)Nc2cc(C(F)(F)F)cc(C(F)(F)F)c2)CNC(=O)N1. The molecule has 1 fully saturated rings. The van der Waals surface area contributed by atoms with Crippen LogP contribution in [0.25, 0.3) is 0 Å². The maximum atomic E-state index is 12.8. The van der Waals surface area contributed by atoms with E-state index in [9.17, 15) is 35.9 Å². The molecule has 2 rings (SSSR count). The highest BCUT2D eigenvalue weighted by Gasteiger charge is 2.41. The van der Waals surface area contributed by atoms with E-state index in [0.29, 0.717) is 12.1 Å². The lowest BCUT2D eigenvalue weighted by Gasteiger charge is -2.22. The molecule has 1 atom stereocenters. The first-order valence-electron chi connectivity index (χ1n) is 6.48. The molecule has 0 spiro atoms. The number of amides is 3. The van der Waals surface area contributed by atoms with E-state index in [2.05, 4.69) is 10.6 Å². The molecule has 0 aliphatic carbocycles. The summed E-state index contributed by atoms with van der Waals surface area (Å²) in [6.45, 7) is 1.11. The molecule has 3 N–H and O–H groups in total. The standard InChI is InChI=1S/C13H11F6N3O2/c1-11(5-20-10(24)22-11)9(23)21-8-3-6(12(14,15)16)2-7(4-8)13(17,18)19/h2-4H,5H2,1H3,(H,21,23)(H2,20,22,24). The molecule has 132 valence electrons. The van der Waals surface area contributed by atoms with Crippen molar-refractivity contribution in [3.63, 3.8) is 0 Å². The normalized spacial score (nSPS) is 21.2. The van der Waals surface area contributed by atoms with Crippen molar-refractivity contribution < 1.29 is 35.9 Å². The molecule has 1 aliphatic rings. The highest BCUT2D eigenvalue weighted by atomic mass is 19.4. The molecule has 11 heteroatoms. The molecule has 0 bridgehead atoms. The third kappa shape index (κ3) is 3.71. The molecule has 1 aromatic carbocycles. The van der Waals surface area contributed by atoms with Gasteiger partial charge in [0.25, 0.3) is 5.91 Å². The van der Waals surface area contributed by atoms with Crippen LogP contribution in [0.2, 0.25) is 0 Å². The van der Waals surface area contributed by atoms with Gasteiger partial charge >= 0.3 is 18.4 Å². The van der Waals surface area contributed by atoms with Crippen molar-refractivity contribution in [1.82, 2.24) is 10.6 Å². The van der Waals surface area contributed by atoms with Crippen LogP contribution in [0.5, 0.6) is 0 Å². The fourth-order valence-electron chi connectivity index (χ4n) is 2.03. The van der Waals surface area contributed by atoms with Crippen LogP contribution in [-0.2, 0) is 17.1 Å². The Bertz CT molecular complexity index is 653. The minimum Gasteiger partial charge on any atom is -0.335 e. The lowest BCUT2D eigenvalue weighted by molar-refractivity contribution is -0.143. The van der Waals surface area contributed by atoms with Crippen LogP contribution in [-0.4, -0.2) is 24.0 Å². The number of carbonyl (C=O) groups is 2. The fourth-order valence-corrected chi connectivity index (χ4v) is 2.03. The van der Waals surface area contributed by atoms with Crippen molar-refractivity contribution in [3.8, 4) is 0 Å². The summed E-state index contributed by atoms with van der Waals surface area (Å²) in [5, 5.41) is 6.49. The second-order valence-electron chi connectivity index (χ2n) is 5.39. The average Bonchev–Trinajstić information content (AvgIpc) is 2.77. The van der Waals surface area contributed by atoms with Crippen LogP contribution < -0.4 is 16.0 Å². The number of nitrogens with one attached hydrogen (secondary N) is 3. The quantitative estimate of drug-likeness (QED) is 0.714. The molecule has 0 radical (unpaired) electrons. The second kappa shape index (κ2) is 5.56. The maximum absolute atomic E-state index is 12.8. The number of anilines is 1. The zero-order valence-electron chi connectivity index (χ0n) is 12.0. The van der Waals surface area contributed by atoms with E-state index in [1.807, 2.05) is 5.32 Å². The number of hydrogen-bond donors (Lipinski definition) is 3. The van der Waals surface area contributed by atoms with Crippen LogP contribution in [0.1, 0.15) is 18.1 Å². The number of halogens is 6. The van der Waals surface area contributed by atoms with Crippen LogP contribution in [0.4, 0.5) is 36.8 Å². The summed E-state index contributed by atoms with van der Waals surface area (Å²) < 4.78 is 76.5. The Morgan fingerprint density at radius 2 is 1.58 bits per heavy atom. The van der Waals surface area contributed by atoms with E-state index >= 15 is 0 Å². The lowest BCUT2D eigenvalue weighted by Crippen LogP contribution is -2.51. The highest BCUT2D eigenvalue weighted by molar-refractivity contribution is 6.02. The van der Waals surface area contributed by atoms with Gasteiger partial charge in [0.05, 0.1) is 17.7 Å². The van der Waals surface area contributed by atoms with E-state index in [4.69, 9.17) is 0 Å². The van der Waals surface area contributed by atoms with Gasteiger partial charge in [0.2, 0.25) is 0 Å². The zero-order chi connectivity index (χ0) is 18.3. The van der Waals surface area contributed by atoms with E-state index in [1.54, 1.807) is 0 Å². The Morgan fingerprint density at radius 1 is 1.08 bits per heavy atom. The predicted molar refractivity (Wildman–Crippen MR) is 70.0 cm³/mol. The summed E-state index contributed by atoms with van der Waals surface area (Å²) in [6, 6.07) is 0.0604. The summed E-state index contributed by atoms with van der Waals surface area (Å²) in [7, 11) is 0. The molecule has 24 heavy (non-hydrogen) atoms. The Kier molecular flexibility index (Phi) is 4.15. The first-order valence-corrected chi connectivity index (χ1v) is 6.48. The smallest absolute Gasteiger partial charge is 0.335 e. The summed E-state index contributed by atoms with van der Waals surface area (Å²) in [4.78, 5) is 23.2. The van der Waals surface area contributed by atoms with Crippen LogP contribution >= 0.6 is 0 Å². The molecule has 1 aliphatic heterocycles. The van der Waals surface area contributed by atoms with Gasteiger partial charge in [0.15, 0.2) is 0 Å². The third-order valence-electron chi connectivity index (χ3n) is 3.34. The minimum absolute atomic E-state index is 0.0454. The number of rotatable bonds is 2. The molecule has 1 heterocycles. The van der Waals surface area contributed by atoms with E-state index in [0.717, 1.165) is 0 Å². The molecule has 1 aromatic rings. The van der Waals surface area contributed by atoms with Gasteiger partial charge in [-0.1, -0.05) is 0 Å². The molecule has 0 aromatic heterocycles. The van der Waals surface area contributed by atoms with E-state index in [-0.39, 0.29) is 12.6 Å². The molecule has 1 saturated heterocycles. The van der Waals surface area contributed by atoms with Crippen LogP contribution in [0.3, 0.4) is 0 Å². The van der Waals surface area contributed by atoms with Crippen molar-refractivity contribution in [1.29, 1.82) is 0 Å². The van der Waals surface area contributed by atoms with Gasteiger partial charge in [-0.2, -0.15) is 26.3 Å². The summed E-state index contributed by atoms with van der Waals surface area (Å²) in [5.41, 5.74) is -5.27. The van der Waals surface area contributed by atoms with Gasteiger partial charge < -0.3 is 16.0 Å². The van der Waals surface area contributed by atoms with Crippen molar-refractivity contribution in [3.05, 3.63) is 29.3 Å². The summed E-state index contributed by atoms with van der Waals surface area (Å²) in [6.07, 6.45) is -10.0. The first kappa shape index (κ1) is 17.9. The Labute approximate surface area is 131 Å². The summed E-state index contributed by atoms with van der Waals surface area (Å²) in [5.74, 6) is -0.951. The summed E-state index contributed by atoms with van der Waals surface area (Å²) >= 11 is 0. The van der Waals surface area contributed by atoms with Gasteiger partial charge in [0, 0.05) is 5.69 Å². The number of carbonyl (C=O) groups excluding carboxylic acids is 2. The van der Waals surface area contributed by atoms with Gasteiger partial charge in [-0.3, -0.25) is 4.79 Å². The van der Waals surface area contributed by atoms with Crippen LogP contribution in [0, 0.1) is 0 Å². The molecular formula is C13H11F6N3O2. The molecular weight excluding hydrogens is 344 g/mol. The van der Waals surface area contributed by atoms with Crippen molar-refractivity contribution in [2.75, 3.05) is 11.9 Å². The van der Waals surface area contributed by atoms with Crippen molar-refractivity contribution >= 4 is 17.6 Å². The van der Waals surface area contributed by atoms with Crippen molar-refractivity contribution in [2.24, 2.45) is 0 Å². The van der Waals surface area contributed by atoms with E-state index in [1.165, 1.54) is 6.92 Å². The topological polar surface area (TPSA) is 70.2 Å². The highest BCUT2D eigenvalue weighted by Crippen LogP contribution is 2.37. The second-order valence-corrected chi connectivity index (χ2v) is 5.39. The number of urea groups is 1. The molecule has 3 amide bonds. The molecule has 1 unspecified atom stereocenters. The van der Waals surface area contributed by atoms with Crippen molar-refractivity contribution in [2.45, 2.75) is 24.8 Å². The lowest BCUT2D eigenvalue weighted by atomic mass is 10.0. The first-order chi connectivity index (χ1) is 10.8. The third-order valence-corrected chi connectivity index (χ3v) is 3.34. The van der Waals surface area contributed by atoms with E-state index < -0.39 is 46.6 Å². The van der Waals surface area contributed by atoms with Gasteiger partial charge in [0.1, 0.15) is 5.54 Å². The van der Waals surface area contributed by atoms with Gasteiger partial charge in [-0.15, -0.1) is 0 Å². The van der Waals surface area contributed by atoms with Crippen LogP contribution in [0.15, 0.2) is 18.2 Å². The molecule has 5 nitrogen and oxygen atoms in total. The predicted octanol–water partition coefficient (Wildman–Crippen LogP) is 2.73. The number of hydrogen-bond acceptors (Lipinski definition) is 2. The maximum Gasteiger partial charge on any atom is 0.416 e. The van der Waals surface area contributed by atoms with Gasteiger partial charge in [-0.25, -0.2) is 4.79 Å². The Morgan fingerprint density at radius 3 is 1.96 bits per heavy atom. The Hall–Kier alpha value is -2.46. The van der Waals surface area contributed by atoms with Gasteiger partial charge in [-0.05, 0) is 25.1 Å². The fraction of sp³-hybridized carbons (Fsp3) is 0.385. The largest absolute Gasteiger partial charge is 0.416 e.